The van der Waals surface area contributed by atoms with Gasteiger partial charge in [-0.05, 0) is 57.6 Å². The van der Waals surface area contributed by atoms with Crippen LogP contribution in [0.3, 0.4) is 0 Å². The lowest BCUT2D eigenvalue weighted by Crippen LogP contribution is -2.30. The number of benzene rings is 1. The van der Waals surface area contributed by atoms with E-state index in [1.807, 2.05) is 0 Å². The number of carbonyl (C=O) groups excluding carboxylic acids is 1. The monoisotopic (exact) mass is 287 g/mol. The Bertz CT molecular complexity index is 476. The zero-order valence-electron chi connectivity index (χ0n) is 13.2. The van der Waals surface area contributed by atoms with E-state index in [0.717, 1.165) is 18.7 Å². The number of hydrogen-bond acceptors (Lipinski definition) is 3. The molecule has 0 aliphatic rings. The zero-order valence-corrected chi connectivity index (χ0v) is 13.2. The maximum absolute atomic E-state index is 11.8. The number of anilines is 1. The highest BCUT2D eigenvalue weighted by molar-refractivity contribution is 5.90. The van der Waals surface area contributed by atoms with Crippen LogP contribution in [0.1, 0.15) is 45.1 Å². The first-order valence-electron chi connectivity index (χ1n) is 7.57. The molecule has 0 aromatic heterocycles. The van der Waals surface area contributed by atoms with E-state index in [4.69, 9.17) is 5.26 Å². The molecule has 21 heavy (non-hydrogen) atoms. The molecule has 0 heterocycles. The first kappa shape index (κ1) is 17.2. The summed E-state index contributed by atoms with van der Waals surface area (Å²) in [5.41, 5.74) is 1.34. The van der Waals surface area contributed by atoms with Gasteiger partial charge in [0, 0.05) is 18.2 Å². The predicted molar refractivity (Wildman–Crippen MR) is 86.0 cm³/mol. The summed E-state index contributed by atoms with van der Waals surface area (Å²) in [5.74, 6) is 0.0243. The number of hydrogen-bond donors (Lipinski definition) is 1. The van der Waals surface area contributed by atoms with Gasteiger partial charge in [-0.3, -0.25) is 4.79 Å². The van der Waals surface area contributed by atoms with E-state index >= 15 is 0 Å². The second kappa shape index (κ2) is 9.15. The SMILES string of the molecule is CCCC(C)N(C)CCCC(=O)Nc1ccc(C#N)cc1. The third kappa shape index (κ3) is 6.42. The third-order valence-electron chi connectivity index (χ3n) is 3.67. The van der Waals surface area contributed by atoms with Crippen LogP contribution in [-0.2, 0) is 4.79 Å². The third-order valence-corrected chi connectivity index (χ3v) is 3.67. The lowest BCUT2D eigenvalue weighted by Gasteiger charge is -2.24. The lowest BCUT2D eigenvalue weighted by atomic mass is 10.1. The van der Waals surface area contributed by atoms with Crippen molar-refractivity contribution in [3.05, 3.63) is 29.8 Å². The molecule has 0 aliphatic carbocycles. The van der Waals surface area contributed by atoms with Crippen molar-refractivity contribution in [1.29, 1.82) is 5.26 Å². The van der Waals surface area contributed by atoms with Gasteiger partial charge >= 0.3 is 0 Å². The Morgan fingerprint density at radius 2 is 2.05 bits per heavy atom. The zero-order chi connectivity index (χ0) is 15.7. The van der Waals surface area contributed by atoms with Crippen LogP contribution in [0.5, 0.6) is 0 Å². The number of nitrogens with zero attached hydrogens (tertiary/aromatic N) is 2. The van der Waals surface area contributed by atoms with Crippen LogP contribution in [0.15, 0.2) is 24.3 Å². The summed E-state index contributed by atoms with van der Waals surface area (Å²) in [5, 5.41) is 11.6. The van der Waals surface area contributed by atoms with Gasteiger partial charge in [0.1, 0.15) is 0 Å². The summed E-state index contributed by atoms with van der Waals surface area (Å²) in [7, 11) is 2.11. The van der Waals surface area contributed by atoms with Crippen molar-refractivity contribution in [2.75, 3.05) is 18.9 Å². The van der Waals surface area contributed by atoms with E-state index in [-0.39, 0.29) is 5.91 Å². The average Bonchev–Trinajstić information content (AvgIpc) is 2.48. The average molecular weight is 287 g/mol. The fraction of sp³-hybridized carbons (Fsp3) is 0.529. The molecule has 0 aliphatic heterocycles. The van der Waals surface area contributed by atoms with Crippen molar-refractivity contribution < 1.29 is 4.79 Å². The minimum absolute atomic E-state index is 0.0243. The molecule has 1 aromatic rings. The maximum Gasteiger partial charge on any atom is 0.224 e. The van der Waals surface area contributed by atoms with Gasteiger partial charge < -0.3 is 10.2 Å². The van der Waals surface area contributed by atoms with E-state index in [9.17, 15) is 4.79 Å². The lowest BCUT2D eigenvalue weighted by molar-refractivity contribution is -0.116. The van der Waals surface area contributed by atoms with E-state index < -0.39 is 0 Å². The molecule has 0 spiro atoms. The molecule has 0 radical (unpaired) electrons. The molecule has 1 unspecified atom stereocenters. The van der Waals surface area contributed by atoms with Crippen LogP contribution in [-0.4, -0.2) is 30.4 Å². The summed E-state index contributed by atoms with van der Waals surface area (Å²) in [6.07, 6.45) is 3.74. The van der Waals surface area contributed by atoms with Crippen LogP contribution in [0.25, 0.3) is 0 Å². The van der Waals surface area contributed by atoms with Crippen molar-refractivity contribution >= 4 is 11.6 Å². The van der Waals surface area contributed by atoms with E-state index in [1.165, 1.54) is 12.8 Å². The summed E-state index contributed by atoms with van der Waals surface area (Å²) in [6.45, 7) is 5.34. The maximum atomic E-state index is 11.8. The second-order valence-electron chi connectivity index (χ2n) is 5.46. The predicted octanol–water partition coefficient (Wildman–Crippen LogP) is 3.40. The highest BCUT2D eigenvalue weighted by atomic mass is 16.1. The van der Waals surface area contributed by atoms with Crippen LogP contribution in [0.2, 0.25) is 0 Å². The molecule has 114 valence electrons. The number of amides is 1. The van der Waals surface area contributed by atoms with Gasteiger partial charge in [-0.25, -0.2) is 0 Å². The van der Waals surface area contributed by atoms with Gasteiger partial charge in [0.2, 0.25) is 5.91 Å². The fourth-order valence-electron chi connectivity index (χ4n) is 2.20. The van der Waals surface area contributed by atoms with Crippen LogP contribution in [0.4, 0.5) is 5.69 Å². The summed E-state index contributed by atoms with van der Waals surface area (Å²) < 4.78 is 0. The molecule has 0 fully saturated rings. The number of nitrogens with one attached hydrogen (secondary N) is 1. The normalized spacial score (nSPS) is 12.0. The Labute approximate surface area is 127 Å². The van der Waals surface area contributed by atoms with E-state index in [0.29, 0.717) is 18.0 Å². The summed E-state index contributed by atoms with van der Waals surface area (Å²) >= 11 is 0. The Morgan fingerprint density at radius 1 is 1.38 bits per heavy atom. The topological polar surface area (TPSA) is 56.1 Å². The quantitative estimate of drug-likeness (QED) is 0.797. The minimum atomic E-state index is 0.0243. The Morgan fingerprint density at radius 3 is 2.62 bits per heavy atom. The Balaban J connectivity index is 2.29. The first-order valence-corrected chi connectivity index (χ1v) is 7.57. The summed E-state index contributed by atoms with van der Waals surface area (Å²) in [6, 6.07) is 9.54. The highest BCUT2D eigenvalue weighted by Crippen LogP contribution is 2.10. The molecule has 1 rings (SSSR count). The van der Waals surface area contributed by atoms with Crippen molar-refractivity contribution in [3.63, 3.8) is 0 Å². The van der Waals surface area contributed by atoms with Gasteiger partial charge in [-0.15, -0.1) is 0 Å². The van der Waals surface area contributed by atoms with Crippen LogP contribution in [0, 0.1) is 11.3 Å². The van der Waals surface area contributed by atoms with Gasteiger partial charge in [-0.1, -0.05) is 13.3 Å². The molecule has 0 saturated heterocycles. The standard InChI is InChI=1S/C17H25N3O/c1-4-6-14(2)20(3)12-5-7-17(21)19-16-10-8-15(13-18)9-11-16/h8-11,14H,4-7,12H2,1-3H3,(H,19,21). The molecule has 4 nitrogen and oxygen atoms in total. The first-order chi connectivity index (χ1) is 10.1. The molecule has 0 bridgehead atoms. The van der Waals surface area contributed by atoms with E-state index in [2.05, 4.69) is 37.2 Å². The number of carbonyl (C=O) groups is 1. The minimum Gasteiger partial charge on any atom is -0.326 e. The smallest absolute Gasteiger partial charge is 0.224 e. The number of rotatable bonds is 8. The van der Waals surface area contributed by atoms with Crippen molar-refractivity contribution in [2.45, 2.75) is 45.6 Å². The van der Waals surface area contributed by atoms with Crippen LogP contribution < -0.4 is 5.32 Å². The largest absolute Gasteiger partial charge is 0.326 e. The fourth-order valence-corrected chi connectivity index (χ4v) is 2.20. The summed E-state index contributed by atoms with van der Waals surface area (Å²) in [4.78, 5) is 14.2. The number of nitriles is 1. The van der Waals surface area contributed by atoms with Crippen molar-refractivity contribution in [1.82, 2.24) is 4.90 Å². The second-order valence-corrected chi connectivity index (χ2v) is 5.46. The Kier molecular flexibility index (Phi) is 7.49. The van der Waals surface area contributed by atoms with E-state index in [1.54, 1.807) is 24.3 Å². The highest BCUT2D eigenvalue weighted by Gasteiger charge is 2.09. The molecule has 1 aromatic carbocycles. The Hall–Kier alpha value is -1.86. The molecule has 0 saturated carbocycles. The van der Waals surface area contributed by atoms with Crippen molar-refractivity contribution in [3.8, 4) is 6.07 Å². The van der Waals surface area contributed by atoms with Gasteiger partial charge in [0.25, 0.3) is 0 Å². The molecular formula is C17H25N3O. The molecule has 1 atom stereocenters. The molecular weight excluding hydrogens is 262 g/mol. The van der Waals surface area contributed by atoms with Crippen molar-refractivity contribution in [2.24, 2.45) is 0 Å². The molecule has 1 N–H and O–H groups in total. The molecule has 4 heteroatoms. The van der Waals surface area contributed by atoms with Gasteiger partial charge in [0.15, 0.2) is 0 Å². The molecule has 1 amide bonds. The van der Waals surface area contributed by atoms with Crippen LogP contribution >= 0.6 is 0 Å². The van der Waals surface area contributed by atoms with Gasteiger partial charge in [0.05, 0.1) is 11.6 Å². The van der Waals surface area contributed by atoms with Gasteiger partial charge in [-0.2, -0.15) is 5.26 Å².